The minimum Gasteiger partial charge on any atom is -0.326 e. The molecule has 1 amide bonds. The molecule has 2 aliphatic rings. The Balaban J connectivity index is 1.70. The maximum atomic E-state index is 14.3. The highest BCUT2D eigenvalue weighted by Gasteiger charge is 2.22. The summed E-state index contributed by atoms with van der Waals surface area (Å²) in [5.41, 5.74) is 2.43. The van der Waals surface area contributed by atoms with Crippen LogP contribution in [0.25, 0.3) is 0 Å². The third kappa shape index (κ3) is 3.47. The van der Waals surface area contributed by atoms with Gasteiger partial charge in [0.2, 0.25) is 5.91 Å². The summed E-state index contributed by atoms with van der Waals surface area (Å²) in [6.45, 7) is 0. The van der Waals surface area contributed by atoms with Crippen LogP contribution >= 0.6 is 15.9 Å². The molecule has 1 aliphatic carbocycles. The lowest BCUT2D eigenvalue weighted by Crippen LogP contribution is -2.19. The van der Waals surface area contributed by atoms with Crippen LogP contribution in [0.1, 0.15) is 60.9 Å². The van der Waals surface area contributed by atoms with Gasteiger partial charge in [-0.3, -0.25) is 4.79 Å². The van der Waals surface area contributed by atoms with Gasteiger partial charge in [-0.15, -0.1) is 0 Å². The molecule has 1 aliphatic heterocycles. The van der Waals surface area contributed by atoms with Crippen molar-refractivity contribution in [2.45, 2.75) is 56.2 Å². The SMILES string of the molecule is O=C1CCc2cc(C(Br)CCC3CCCC3)c(F)cc2N1. The molecule has 0 radical (unpaired) electrons. The lowest BCUT2D eigenvalue weighted by atomic mass is 9.95. The molecule has 3 rings (SSSR count). The van der Waals surface area contributed by atoms with E-state index in [1.165, 1.54) is 38.2 Å². The van der Waals surface area contributed by atoms with E-state index in [0.717, 1.165) is 23.5 Å². The average Bonchev–Trinajstić information content (AvgIpc) is 2.97. The summed E-state index contributed by atoms with van der Waals surface area (Å²) in [6, 6.07) is 3.41. The Hall–Kier alpha value is -0.900. The van der Waals surface area contributed by atoms with E-state index in [1.54, 1.807) is 0 Å². The number of rotatable bonds is 4. The number of halogens is 2. The van der Waals surface area contributed by atoms with Crippen LogP contribution in [0.2, 0.25) is 0 Å². The van der Waals surface area contributed by atoms with Gasteiger partial charge in [0.25, 0.3) is 0 Å². The van der Waals surface area contributed by atoms with Crippen LogP contribution < -0.4 is 5.32 Å². The molecule has 1 fully saturated rings. The van der Waals surface area contributed by atoms with Gasteiger partial charge in [-0.2, -0.15) is 0 Å². The molecular weight excluding hydrogens is 333 g/mol. The number of carbonyl (C=O) groups excluding carboxylic acids is 1. The van der Waals surface area contributed by atoms with Gasteiger partial charge >= 0.3 is 0 Å². The van der Waals surface area contributed by atoms with E-state index < -0.39 is 0 Å². The van der Waals surface area contributed by atoms with Crippen molar-refractivity contribution < 1.29 is 9.18 Å². The maximum Gasteiger partial charge on any atom is 0.224 e. The van der Waals surface area contributed by atoms with Crippen LogP contribution in [-0.4, -0.2) is 5.91 Å². The zero-order valence-electron chi connectivity index (χ0n) is 12.1. The summed E-state index contributed by atoms with van der Waals surface area (Å²) >= 11 is 3.66. The third-order valence-electron chi connectivity index (χ3n) is 4.76. The standard InChI is InChI=1S/C17H21BrFNO/c18-14(7-5-11-3-1-2-4-11)13-9-12-6-8-17(21)20-16(12)10-15(13)19/h9-11,14H,1-8H2,(H,20,21). The third-order valence-corrected chi connectivity index (χ3v) is 5.71. The fourth-order valence-corrected chi connectivity index (χ4v) is 4.11. The van der Waals surface area contributed by atoms with Gasteiger partial charge in [0.15, 0.2) is 0 Å². The fourth-order valence-electron chi connectivity index (χ4n) is 3.50. The zero-order chi connectivity index (χ0) is 14.8. The van der Waals surface area contributed by atoms with Crippen molar-refractivity contribution >= 4 is 27.5 Å². The first-order valence-corrected chi connectivity index (χ1v) is 8.81. The Bertz CT molecular complexity index is 540. The number of anilines is 1. The van der Waals surface area contributed by atoms with E-state index in [2.05, 4.69) is 21.2 Å². The van der Waals surface area contributed by atoms with Gasteiger partial charge in [-0.1, -0.05) is 41.6 Å². The molecule has 1 atom stereocenters. The van der Waals surface area contributed by atoms with Gasteiger partial charge in [0, 0.05) is 22.5 Å². The number of nitrogens with one attached hydrogen (secondary N) is 1. The van der Waals surface area contributed by atoms with Crippen molar-refractivity contribution in [3.63, 3.8) is 0 Å². The summed E-state index contributed by atoms with van der Waals surface area (Å²) in [4.78, 5) is 11.4. The number of amides is 1. The van der Waals surface area contributed by atoms with Gasteiger partial charge in [-0.25, -0.2) is 4.39 Å². The normalized spacial score (nSPS) is 20.2. The Morgan fingerprint density at radius 2 is 2.05 bits per heavy atom. The van der Waals surface area contributed by atoms with Crippen LogP contribution in [0.3, 0.4) is 0 Å². The molecule has 0 saturated heterocycles. The number of fused-ring (bicyclic) bond motifs is 1. The highest BCUT2D eigenvalue weighted by atomic mass is 79.9. The van der Waals surface area contributed by atoms with Crippen LogP contribution in [0, 0.1) is 11.7 Å². The molecule has 1 heterocycles. The van der Waals surface area contributed by atoms with Crippen molar-refractivity contribution in [2.24, 2.45) is 5.92 Å². The quantitative estimate of drug-likeness (QED) is 0.748. The number of hydrogen-bond donors (Lipinski definition) is 1. The first-order chi connectivity index (χ1) is 10.1. The number of alkyl halides is 1. The maximum absolute atomic E-state index is 14.3. The highest BCUT2D eigenvalue weighted by molar-refractivity contribution is 9.09. The minimum atomic E-state index is -0.218. The van der Waals surface area contributed by atoms with Crippen LogP contribution in [0.15, 0.2) is 12.1 Å². The zero-order valence-corrected chi connectivity index (χ0v) is 13.7. The van der Waals surface area contributed by atoms with Crippen molar-refractivity contribution in [3.05, 3.63) is 29.1 Å². The predicted octanol–water partition coefficient (Wildman–Crippen LogP) is 5.12. The molecule has 1 unspecified atom stereocenters. The number of benzene rings is 1. The molecule has 0 bridgehead atoms. The summed E-state index contributed by atoms with van der Waals surface area (Å²) in [7, 11) is 0. The Labute approximate surface area is 133 Å². The average molecular weight is 354 g/mol. The summed E-state index contributed by atoms with van der Waals surface area (Å²) in [5, 5.41) is 2.75. The van der Waals surface area contributed by atoms with Crippen LogP contribution in [-0.2, 0) is 11.2 Å². The molecule has 1 N–H and O–H groups in total. The van der Waals surface area contributed by atoms with E-state index in [9.17, 15) is 9.18 Å². The number of aryl methyl sites for hydroxylation is 1. The van der Waals surface area contributed by atoms with E-state index in [-0.39, 0.29) is 16.6 Å². The molecule has 0 spiro atoms. The van der Waals surface area contributed by atoms with Crippen molar-refractivity contribution in [2.75, 3.05) is 5.32 Å². The predicted molar refractivity (Wildman–Crippen MR) is 86.2 cm³/mol. The molecule has 1 aromatic rings. The van der Waals surface area contributed by atoms with Gasteiger partial charge < -0.3 is 5.32 Å². The number of hydrogen-bond acceptors (Lipinski definition) is 1. The topological polar surface area (TPSA) is 29.1 Å². The van der Waals surface area contributed by atoms with E-state index >= 15 is 0 Å². The van der Waals surface area contributed by atoms with Gasteiger partial charge in [0.1, 0.15) is 5.82 Å². The molecule has 1 saturated carbocycles. The van der Waals surface area contributed by atoms with Crippen molar-refractivity contribution in [3.8, 4) is 0 Å². The Morgan fingerprint density at radius 3 is 2.81 bits per heavy atom. The second-order valence-electron chi connectivity index (χ2n) is 6.27. The Morgan fingerprint density at radius 1 is 1.29 bits per heavy atom. The van der Waals surface area contributed by atoms with Crippen molar-refractivity contribution in [1.82, 2.24) is 0 Å². The Kier molecular flexibility index (Phi) is 4.63. The summed E-state index contributed by atoms with van der Waals surface area (Å²) in [5.74, 6) is 0.584. The molecule has 1 aromatic carbocycles. The number of carbonyl (C=O) groups is 1. The van der Waals surface area contributed by atoms with E-state index in [0.29, 0.717) is 18.5 Å². The lowest BCUT2D eigenvalue weighted by Gasteiger charge is -2.20. The van der Waals surface area contributed by atoms with Gasteiger partial charge in [-0.05, 0) is 42.9 Å². The molecule has 4 heteroatoms. The van der Waals surface area contributed by atoms with Crippen molar-refractivity contribution in [1.29, 1.82) is 0 Å². The molecule has 21 heavy (non-hydrogen) atoms. The lowest BCUT2D eigenvalue weighted by molar-refractivity contribution is -0.116. The second kappa shape index (κ2) is 6.47. The monoisotopic (exact) mass is 353 g/mol. The minimum absolute atomic E-state index is 0.0220. The summed E-state index contributed by atoms with van der Waals surface area (Å²) < 4.78 is 14.3. The second-order valence-corrected chi connectivity index (χ2v) is 7.38. The largest absolute Gasteiger partial charge is 0.326 e. The van der Waals surface area contributed by atoms with Crippen LogP contribution in [0.5, 0.6) is 0 Å². The molecule has 114 valence electrons. The fraction of sp³-hybridized carbons (Fsp3) is 0.588. The first kappa shape index (κ1) is 15.0. The van der Waals surface area contributed by atoms with E-state index in [4.69, 9.17) is 0 Å². The molecule has 0 aromatic heterocycles. The van der Waals surface area contributed by atoms with Gasteiger partial charge in [0.05, 0.1) is 0 Å². The van der Waals surface area contributed by atoms with E-state index in [1.807, 2.05) is 6.07 Å². The summed E-state index contributed by atoms with van der Waals surface area (Å²) in [6.07, 6.45) is 8.71. The first-order valence-electron chi connectivity index (χ1n) is 7.89. The smallest absolute Gasteiger partial charge is 0.224 e. The molecule has 2 nitrogen and oxygen atoms in total. The molecular formula is C17H21BrFNO. The highest BCUT2D eigenvalue weighted by Crippen LogP contribution is 2.37. The van der Waals surface area contributed by atoms with Crippen LogP contribution in [0.4, 0.5) is 10.1 Å².